The number of aliphatic hydroxyl groups excluding tert-OH is 3. The first-order valence-corrected chi connectivity index (χ1v) is 16.5. The van der Waals surface area contributed by atoms with Gasteiger partial charge in [-0.2, -0.15) is 0 Å². The Labute approximate surface area is 247 Å². The number of benzene rings is 2. The Balaban J connectivity index is 1.52. The van der Waals surface area contributed by atoms with Crippen molar-refractivity contribution in [1.82, 2.24) is 15.5 Å². The first kappa shape index (κ1) is 33.1. The number of amides is 2. The lowest BCUT2D eigenvalue weighted by Crippen LogP contribution is -2.55. The van der Waals surface area contributed by atoms with E-state index in [1.165, 1.54) is 16.7 Å². The Morgan fingerprint density at radius 3 is 2.34 bits per heavy atom. The quantitative estimate of drug-likeness (QED) is 0.212. The second-order valence-corrected chi connectivity index (χ2v) is 14.6. The average molecular weight is 588 g/mol. The zero-order chi connectivity index (χ0) is 30.3. The molecule has 1 heterocycles. The number of hydrogen-bond acceptors (Lipinski definition) is 6. The third-order valence-electron chi connectivity index (χ3n) is 7.88. The summed E-state index contributed by atoms with van der Waals surface area (Å²) in [5, 5.41) is 36.6. The molecule has 0 radical (unpaired) electrons. The van der Waals surface area contributed by atoms with E-state index in [9.17, 15) is 24.9 Å². The van der Waals surface area contributed by atoms with Crippen molar-refractivity contribution in [3.05, 3.63) is 70.3 Å². The maximum absolute atomic E-state index is 12.5. The molecule has 41 heavy (non-hydrogen) atoms. The minimum absolute atomic E-state index is 0.134. The lowest BCUT2D eigenvalue weighted by molar-refractivity contribution is -0.132. The van der Waals surface area contributed by atoms with Gasteiger partial charge in [0.05, 0.1) is 12.2 Å². The molecule has 1 fully saturated rings. The largest absolute Gasteiger partial charge is 0.390 e. The molecule has 1 unspecified atom stereocenters. The number of hydrogen-bond donors (Lipinski definition) is 6. The molecular weight excluding hydrogens is 538 g/mol. The molecule has 0 bridgehead atoms. The SMILES string of the molecule is Cc1ccc([C@H]2[C@H](O)[C@H](O)[C@H](O)C[SH]2C)cc1Cc1ccc(CCCC(=O)NC(C)(C)C(=O)NCCN(C)C)cc1. The Morgan fingerprint density at radius 1 is 1.02 bits per heavy atom. The van der Waals surface area contributed by atoms with Crippen molar-refractivity contribution in [3.8, 4) is 0 Å². The molecule has 1 aliphatic rings. The van der Waals surface area contributed by atoms with Gasteiger partial charge in [0, 0.05) is 30.5 Å². The highest BCUT2D eigenvalue weighted by molar-refractivity contribution is 8.16. The number of rotatable bonds is 12. The van der Waals surface area contributed by atoms with Gasteiger partial charge >= 0.3 is 0 Å². The smallest absolute Gasteiger partial charge is 0.245 e. The lowest BCUT2D eigenvalue weighted by atomic mass is 9.93. The number of carbonyl (C=O) groups is 2. The monoisotopic (exact) mass is 587 g/mol. The van der Waals surface area contributed by atoms with E-state index in [4.69, 9.17) is 0 Å². The molecule has 2 amide bonds. The molecule has 8 nitrogen and oxygen atoms in total. The molecule has 0 aliphatic carbocycles. The number of thiol groups is 1. The predicted octanol–water partition coefficient (Wildman–Crippen LogP) is 2.25. The summed E-state index contributed by atoms with van der Waals surface area (Å²) >= 11 is 0. The molecule has 1 aliphatic heterocycles. The molecule has 2 aromatic carbocycles. The van der Waals surface area contributed by atoms with Crippen LogP contribution in [0.15, 0.2) is 42.5 Å². The van der Waals surface area contributed by atoms with Crippen LogP contribution in [0.2, 0.25) is 0 Å². The third-order valence-corrected chi connectivity index (χ3v) is 10.4. The van der Waals surface area contributed by atoms with Crippen LogP contribution in [-0.2, 0) is 22.4 Å². The summed E-state index contributed by atoms with van der Waals surface area (Å²) in [6.07, 6.45) is 1.68. The fraction of sp³-hybridized carbons (Fsp3) is 0.562. The number of carbonyl (C=O) groups excluding carboxylic acids is 2. The van der Waals surface area contributed by atoms with Crippen LogP contribution < -0.4 is 10.6 Å². The molecule has 5 atom stereocenters. The highest BCUT2D eigenvalue weighted by atomic mass is 32.2. The summed E-state index contributed by atoms with van der Waals surface area (Å²) in [5.41, 5.74) is 4.73. The van der Waals surface area contributed by atoms with E-state index in [2.05, 4.69) is 60.2 Å². The third kappa shape index (κ3) is 9.28. The number of aliphatic hydroxyl groups is 3. The fourth-order valence-corrected chi connectivity index (χ4v) is 7.69. The van der Waals surface area contributed by atoms with E-state index in [-0.39, 0.29) is 17.1 Å². The molecule has 0 saturated carbocycles. The van der Waals surface area contributed by atoms with Crippen molar-refractivity contribution >= 4 is 22.7 Å². The summed E-state index contributed by atoms with van der Waals surface area (Å²) in [6, 6.07) is 14.7. The van der Waals surface area contributed by atoms with Gasteiger partial charge in [-0.25, -0.2) is 10.9 Å². The molecule has 3 rings (SSSR count). The zero-order valence-electron chi connectivity index (χ0n) is 25.4. The Bertz CT molecular complexity index is 1170. The van der Waals surface area contributed by atoms with E-state index in [0.717, 1.165) is 30.5 Å². The number of nitrogens with one attached hydrogen (secondary N) is 2. The van der Waals surface area contributed by atoms with E-state index < -0.39 is 34.7 Å². The number of aryl methyl sites for hydroxylation is 2. The van der Waals surface area contributed by atoms with E-state index in [1.807, 2.05) is 25.1 Å². The van der Waals surface area contributed by atoms with Gasteiger partial charge in [0.15, 0.2) is 0 Å². The minimum Gasteiger partial charge on any atom is -0.390 e. The Hall–Kier alpha value is -2.43. The summed E-state index contributed by atoms with van der Waals surface area (Å²) in [4.78, 5) is 26.9. The van der Waals surface area contributed by atoms with Gasteiger partial charge in [0.25, 0.3) is 0 Å². The first-order chi connectivity index (χ1) is 19.3. The van der Waals surface area contributed by atoms with E-state index in [1.54, 1.807) is 13.8 Å². The van der Waals surface area contributed by atoms with Crippen LogP contribution in [0.4, 0.5) is 0 Å². The first-order valence-electron chi connectivity index (χ1n) is 14.4. The second kappa shape index (κ2) is 14.6. The van der Waals surface area contributed by atoms with Crippen LogP contribution >= 0.6 is 10.9 Å². The number of likely N-dealkylation sites (N-methyl/N-ethyl adjacent to an activating group) is 1. The minimum atomic E-state index is -1.12. The molecule has 228 valence electrons. The number of nitrogens with zero attached hydrogens (tertiary/aromatic N) is 1. The van der Waals surface area contributed by atoms with Crippen molar-refractivity contribution in [2.75, 3.05) is 39.2 Å². The van der Waals surface area contributed by atoms with Crippen LogP contribution in [-0.4, -0.2) is 95.1 Å². The highest BCUT2D eigenvalue weighted by Crippen LogP contribution is 2.48. The van der Waals surface area contributed by atoms with Gasteiger partial charge in [0.1, 0.15) is 11.6 Å². The van der Waals surface area contributed by atoms with Crippen LogP contribution in [0.1, 0.15) is 59.8 Å². The summed E-state index contributed by atoms with van der Waals surface area (Å²) in [6.45, 7) is 6.79. The van der Waals surface area contributed by atoms with Crippen LogP contribution in [0, 0.1) is 6.92 Å². The van der Waals surface area contributed by atoms with Crippen LogP contribution in [0.25, 0.3) is 0 Å². The molecule has 5 N–H and O–H groups in total. The predicted molar refractivity (Wildman–Crippen MR) is 168 cm³/mol. The van der Waals surface area contributed by atoms with Gasteiger partial charge in [0.2, 0.25) is 11.8 Å². The molecule has 0 aromatic heterocycles. The Kier molecular flexibility index (Phi) is 11.8. The topological polar surface area (TPSA) is 122 Å². The highest BCUT2D eigenvalue weighted by Gasteiger charge is 2.40. The van der Waals surface area contributed by atoms with Gasteiger partial charge in [-0.1, -0.05) is 42.5 Å². The normalized spacial score (nSPS) is 23.8. The molecule has 0 spiro atoms. The molecule has 2 aromatic rings. The maximum atomic E-state index is 12.5. The average Bonchev–Trinajstić information content (AvgIpc) is 2.89. The van der Waals surface area contributed by atoms with Crippen LogP contribution in [0.3, 0.4) is 0 Å². The van der Waals surface area contributed by atoms with Crippen molar-refractivity contribution in [2.45, 2.75) is 75.6 Å². The Morgan fingerprint density at radius 2 is 1.68 bits per heavy atom. The molecule has 1 saturated heterocycles. The van der Waals surface area contributed by atoms with Gasteiger partial charge < -0.3 is 30.9 Å². The summed E-state index contributed by atoms with van der Waals surface area (Å²) in [7, 11) is 3.23. The van der Waals surface area contributed by atoms with Crippen molar-refractivity contribution in [3.63, 3.8) is 0 Å². The van der Waals surface area contributed by atoms with Crippen molar-refractivity contribution < 1.29 is 24.9 Å². The van der Waals surface area contributed by atoms with Gasteiger partial charge in [-0.15, -0.1) is 0 Å². The standard InChI is InChI=1S/C32H49N3O5S/c1-21-10-15-24(30-29(39)28(38)26(36)20-41(30)6)19-25(21)18-23-13-11-22(12-14-23)8-7-9-27(37)34-32(2,3)31(40)33-16-17-35(4)5/h10-15,19,26,28-30,36,38-39,41H,7-9,16-18,20H2,1-6H3,(H,33,40)(H,34,37)/t26-,28-,29-,30+/m1/s1. The second-order valence-electron chi connectivity index (χ2n) is 12.2. The van der Waals surface area contributed by atoms with Crippen molar-refractivity contribution in [1.29, 1.82) is 0 Å². The van der Waals surface area contributed by atoms with E-state index >= 15 is 0 Å². The summed E-state index contributed by atoms with van der Waals surface area (Å²) in [5.74, 6) is 0.200. The molecular formula is C32H49N3O5S. The van der Waals surface area contributed by atoms with Crippen LogP contribution in [0.5, 0.6) is 0 Å². The van der Waals surface area contributed by atoms with Gasteiger partial charge in [-0.05, 0) is 88.2 Å². The maximum Gasteiger partial charge on any atom is 0.245 e. The lowest BCUT2D eigenvalue weighted by Gasteiger charge is -2.42. The summed E-state index contributed by atoms with van der Waals surface area (Å²) < 4.78 is 0. The van der Waals surface area contributed by atoms with Gasteiger partial charge in [-0.3, -0.25) is 9.59 Å². The fourth-order valence-electron chi connectivity index (χ4n) is 5.29. The van der Waals surface area contributed by atoms with Crippen molar-refractivity contribution in [2.24, 2.45) is 0 Å². The zero-order valence-corrected chi connectivity index (χ0v) is 26.2. The van der Waals surface area contributed by atoms with E-state index in [0.29, 0.717) is 25.1 Å². The molecule has 9 heteroatoms.